The van der Waals surface area contributed by atoms with Crippen LogP contribution in [0.2, 0.25) is 0 Å². The Hall–Kier alpha value is -4.92. The smallest absolute Gasteiger partial charge is 0.268 e. The zero-order valence-electron chi connectivity index (χ0n) is 21.9. The summed E-state index contributed by atoms with van der Waals surface area (Å²) in [4.78, 5) is 28.7. The number of hydrogen-bond donors (Lipinski definition) is 1. The van der Waals surface area contributed by atoms with Crippen LogP contribution in [0.15, 0.2) is 101 Å². The van der Waals surface area contributed by atoms with Gasteiger partial charge in [0.25, 0.3) is 5.91 Å². The van der Waals surface area contributed by atoms with E-state index < -0.39 is 0 Å². The standard InChI is InChI=1S/C30H23N7O2S2/c1-36(41-23-7-4-20(16-31)5-8-23)22-6-9-25-24(15-22)34-30(37(25)14-12-21-3-2-13-32-17-21)35-29(38)28-11-10-27(40-28)26-18-33-19-39-26/h2-11,13,15,17-19H,12,14H2,1H3,(H,34,35,38). The number of benzene rings is 2. The highest BCUT2D eigenvalue weighted by Gasteiger charge is 2.18. The molecule has 0 saturated carbocycles. The van der Waals surface area contributed by atoms with Crippen molar-refractivity contribution in [2.24, 2.45) is 0 Å². The third-order valence-corrected chi connectivity index (χ3v) is 8.46. The molecule has 0 atom stereocenters. The Morgan fingerprint density at radius 2 is 2.00 bits per heavy atom. The number of aromatic nitrogens is 4. The van der Waals surface area contributed by atoms with Gasteiger partial charge in [-0.3, -0.25) is 15.1 Å². The van der Waals surface area contributed by atoms with Crippen molar-refractivity contribution in [2.45, 2.75) is 17.9 Å². The molecule has 6 rings (SSSR count). The molecule has 41 heavy (non-hydrogen) atoms. The van der Waals surface area contributed by atoms with Gasteiger partial charge >= 0.3 is 0 Å². The molecule has 6 aromatic rings. The van der Waals surface area contributed by atoms with Crippen LogP contribution in [-0.4, -0.2) is 32.5 Å². The summed E-state index contributed by atoms with van der Waals surface area (Å²) >= 11 is 2.89. The summed E-state index contributed by atoms with van der Waals surface area (Å²) in [6.07, 6.45) is 7.33. The van der Waals surface area contributed by atoms with E-state index >= 15 is 0 Å². The summed E-state index contributed by atoms with van der Waals surface area (Å²) < 4.78 is 9.45. The first-order valence-electron chi connectivity index (χ1n) is 12.7. The number of carbonyl (C=O) groups excluding carboxylic acids is 1. The fourth-order valence-electron chi connectivity index (χ4n) is 4.32. The number of amides is 1. The number of pyridine rings is 1. The van der Waals surface area contributed by atoms with Crippen molar-refractivity contribution in [3.05, 3.63) is 108 Å². The van der Waals surface area contributed by atoms with E-state index in [0.717, 1.165) is 38.5 Å². The number of fused-ring (bicyclic) bond motifs is 1. The Balaban J connectivity index is 1.28. The molecule has 0 unspecified atom stereocenters. The van der Waals surface area contributed by atoms with Gasteiger partial charge in [-0.25, -0.2) is 9.97 Å². The van der Waals surface area contributed by atoms with Crippen LogP contribution in [-0.2, 0) is 13.0 Å². The second kappa shape index (κ2) is 11.7. The zero-order valence-corrected chi connectivity index (χ0v) is 23.5. The molecule has 0 aliphatic carbocycles. The lowest BCUT2D eigenvalue weighted by molar-refractivity contribution is 0.102. The number of nitrogens with one attached hydrogen (secondary N) is 1. The molecule has 1 N–H and O–H groups in total. The highest BCUT2D eigenvalue weighted by molar-refractivity contribution is 8.00. The molecule has 0 aliphatic heterocycles. The van der Waals surface area contributed by atoms with Crippen LogP contribution >= 0.6 is 23.3 Å². The number of rotatable bonds is 9. The normalized spacial score (nSPS) is 10.9. The molecule has 0 saturated heterocycles. The predicted molar refractivity (Wildman–Crippen MR) is 161 cm³/mol. The first-order chi connectivity index (χ1) is 20.1. The van der Waals surface area contributed by atoms with Crippen LogP contribution in [0.3, 0.4) is 0 Å². The average molecular weight is 578 g/mol. The van der Waals surface area contributed by atoms with Crippen LogP contribution in [0.1, 0.15) is 20.8 Å². The fraction of sp³-hybridized carbons (Fsp3) is 0.100. The van der Waals surface area contributed by atoms with Crippen LogP contribution in [0.25, 0.3) is 21.7 Å². The van der Waals surface area contributed by atoms with Crippen LogP contribution in [0.5, 0.6) is 0 Å². The van der Waals surface area contributed by atoms with Crippen molar-refractivity contribution in [1.29, 1.82) is 5.26 Å². The van der Waals surface area contributed by atoms with Gasteiger partial charge in [-0.05, 0) is 84.6 Å². The second-order valence-electron chi connectivity index (χ2n) is 9.08. The first-order valence-corrected chi connectivity index (χ1v) is 14.3. The molecule has 4 heterocycles. The molecule has 11 heteroatoms. The van der Waals surface area contributed by atoms with E-state index in [1.165, 1.54) is 17.7 Å². The number of nitrogens with zero attached hydrogens (tertiary/aromatic N) is 6. The van der Waals surface area contributed by atoms with E-state index in [1.807, 2.05) is 70.6 Å². The fourth-order valence-corrected chi connectivity index (χ4v) is 5.96. The molecule has 0 fully saturated rings. The van der Waals surface area contributed by atoms with E-state index in [0.29, 0.717) is 28.7 Å². The largest absolute Gasteiger partial charge is 0.443 e. The van der Waals surface area contributed by atoms with Gasteiger partial charge in [-0.15, -0.1) is 11.3 Å². The Kier molecular flexibility index (Phi) is 7.49. The molecule has 0 spiro atoms. The molecular formula is C30H23N7O2S2. The van der Waals surface area contributed by atoms with Crippen molar-refractivity contribution in [1.82, 2.24) is 19.5 Å². The summed E-state index contributed by atoms with van der Waals surface area (Å²) in [5.74, 6) is 0.851. The quantitative estimate of drug-likeness (QED) is 0.190. The predicted octanol–water partition coefficient (Wildman–Crippen LogP) is 6.66. The number of thiophene rings is 1. The maximum absolute atomic E-state index is 13.3. The molecule has 0 bridgehead atoms. The molecular weight excluding hydrogens is 555 g/mol. The number of anilines is 2. The van der Waals surface area contributed by atoms with Gasteiger partial charge in [0.1, 0.15) is 0 Å². The summed E-state index contributed by atoms with van der Waals surface area (Å²) in [7, 11) is 1.98. The van der Waals surface area contributed by atoms with Crippen LogP contribution < -0.4 is 9.62 Å². The Labute approximate surface area is 244 Å². The first kappa shape index (κ1) is 26.3. The van der Waals surface area contributed by atoms with Gasteiger partial charge in [-0.1, -0.05) is 6.07 Å². The lowest BCUT2D eigenvalue weighted by Gasteiger charge is -2.18. The van der Waals surface area contributed by atoms with E-state index in [1.54, 1.807) is 42.5 Å². The van der Waals surface area contributed by atoms with Crippen molar-refractivity contribution in [3.63, 3.8) is 0 Å². The molecule has 0 aliphatic rings. The van der Waals surface area contributed by atoms with E-state index in [-0.39, 0.29) is 5.91 Å². The second-order valence-corrected chi connectivity index (χ2v) is 11.4. The van der Waals surface area contributed by atoms with E-state index in [4.69, 9.17) is 14.7 Å². The SMILES string of the molecule is CN(Sc1ccc(C#N)cc1)c1ccc2c(c1)nc(NC(=O)c1ccc(-c3cnco3)s1)n2CCc1cccnc1. The highest BCUT2D eigenvalue weighted by Crippen LogP contribution is 2.32. The van der Waals surface area contributed by atoms with Crippen molar-refractivity contribution in [2.75, 3.05) is 16.7 Å². The summed E-state index contributed by atoms with van der Waals surface area (Å²) in [6.45, 7) is 0.612. The highest BCUT2D eigenvalue weighted by atomic mass is 32.2. The van der Waals surface area contributed by atoms with Gasteiger partial charge in [0.15, 0.2) is 12.2 Å². The average Bonchev–Trinajstić information content (AvgIpc) is 3.77. The number of carbonyl (C=O) groups is 1. The molecule has 4 aromatic heterocycles. The van der Waals surface area contributed by atoms with Crippen molar-refractivity contribution >= 4 is 51.9 Å². The lowest BCUT2D eigenvalue weighted by Crippen LogP contribution is -2.15. The minimum Gasteiger partial charge on any atom is -0.443 e. The van der Waals surface area contributed by atoms with Crippen molar-refractivity contribution in [3.8, 4) is 16.7 Å². The molecule has 2 aromatic carbocycles. The van der Waals surface area contributed by atoms with Gasteiger partial charge in [0.2, 0.25) is 5.95 Å². The topological polar surface area (TPSA) is 113 Å². The van der Waals surface area contributed by atoms with E-state index in [2.05, 4.69) is 21.4 Å². The van der Waals surface area contributed by atoms with Gasteiger partial charge in [-0.2, -0.15) is 5.26 Å². The lowest BCUT2D eigenvalue weighted by atomic mass is 10.2. The Bertz CT molecular complexity index is 1840. The third-order valence-electron chi connectivity index (χ3n) is 6.40. The summed E-state index contributed by atoms with van der Waals surface area (Å²) in [5, 5.41) is 12.1. The molecule has 1 amide bonds. The van der Waals surface area contributed by atoms with Gasteiger partial charge in [0.05, 0.1) is 38.6 Å². The number of aryl methyl sites for hydroxylation is 2. The number of nitriles is 1. The van der Waals surface area contributed by atoms with E-state index in [9.17, 15) is 4.79 Å². The summed E-state index contributed by atoms with van der Waals surface area (Å²) in [5.41, 5.74) is 4.36. The Morgan fingerprint density at radius 3 is 2.76 bits per heavy atom. The number of hydrogen-bond acceptors (Lipinski definition) is 9. The minimum atomic E-state index is -0.243. The van der Waals surface area contributed by atoms with Crippen molar-refractivity contribution < 1.29 is 9.21 Å². The molecule has 0 radical (unpaired) electrons. The Morgan fingerprint density at radius 1 is 1.12 bits per heavy atom. The molecule has 202 valence electrons. The molecule has 9 nitrogen and oxygen atoms in total. The maximum atomic E-state index is 13.3. The number of oxazole rings is 1. The monoisotopic (exact) mass is 577 g/mol. The maximum Gasteiger partial charge on any atom is 0.268 e. The minimum absolute atomic E-state index is 0.243. The van der Waals surface area contributed by atoms with Crippen LogP contribution in [0.4, 0.5) is 11.6 Å². The van der Waals surface area contributed by atoms with Gasteiger partial charge in [0, 0.05) is 36.6 Å². The zero-order chi connectivity index (χ0) is 28.2. The number of imidazole rings is 1. The third kappa shape index (κ3) is 5.84. The summed E-state index contributed by atoms with van der Waals surface area (Å²) in [6, 6.07) is 23.3. The van der Waals surface area contributed by atoms with Gasteiger partial charge < -0.3 is 13.3 Å². The van der Waals surface area contributed by atoms with Crippen LogP contribution in [0, 0.1) is 11.3 Å².